The van der Waals surface area contributed by atoms with Gasteiger partial charge >= 0.3 is 0 Å². The molecule has 0 saturated carbocycles. The second-order valence-corrected chi connectivity index (χ2v) is 8.22. The Labute approximate surface area is 128 Å². The lowest BCUT2D eigenvalue weighted by Crippen LogP contribution is -2.11. The van der Waals surface area contributed by atoms with Gasteiger partial charge in [0.2, 0.25) is 5.95 Å². The molecule has 0 saturated heterocycles. The van der Waals surface area contributed by atoms with Gasteiger partial charge in [0.25, 0.3) is 0 Å². The summed E-state index contributed by atoms with van der Waals surface area (Å²) in [7, 11) is -1.14. The number of fused-ring (bicyclic) bond motifs is 1. The number of anilines is 2. The van der Waals surface area contributed by atoms with Gasteiger partial charge < -0.3 is 10.6 Å². The Kier molecular flexibility index (Phi) is 5.00. The quantitative estimate of drug-likeness (QED) is 0.758. The first-order chi connectivity index (χ1) is 9.93. The van der Waals surface area contributed by atoms with Gasteiger partial charge in [0.15, 0.2) is 0 Å². The molecule has 0 fully saturated rings. The van der Waals surface area contributed by atoms with Crippen molar-refractivity contribution in [2.45, 2.75) is 19.8 Å². The highest BCUT2D eigenvalue weighted by Gasteiger charge is 2.11. The third-order valence-electron chi connectivity index (χ3n) is 3.00. The highest BCUT2D eigenvalue weighted by atomic mass is 32.2. The van der Waals surface area contributed by atoms with Crippen molar-refractivity contribution in [2.75, 3.05) is 36.2 Å². The lowest BCUT2D eigenvalue weighted by atomic mass is 10.3. The SMILES string of the molecule is CCc1cc2c(NCCCS(C)(=O)=O)nc(NC)nc2s1. The standard InChI is InChI=1S/C13H20N4O2S2/c1-4-9-8-10-11(15-6-5-7-21(3,18)19)16-13(14-2)17-12(10)20-9/h8H,4-7H2,1-3H3,(H2,14,15,16,17). The molecule has 0 aliphatic carbocycles. The minimum Gasteiger partial charge on any atom is -0.369 e. The predicted molar refractivity (Wildman–Crippen MR) is 89.2 cm³/mol. The van der Waals surface area contributed by atoms with Gasteiger partial charge in [0.1, 0.15) is 20.5 Å². The van der Waals surface area contributed by atoms with Crippen molar-refractivity contribution in [1.82, 2.24) is 9.97 Å². The zero-order valence-corrected chi connectivity index (χ0v) is 14.1. The molecular weight excluding hydrogens is 308 g/mol. The average Bonchev–Trinajstić information content (AvgIpc) is 2.85. The monoisotopic (exact) mass is 328 g/mol. The van der Waals surface area contributed by atoms with Gasteiger partial charge in [0.05, 0.1) is 11.1 Å². The number of aryl methyl sites for hydroxylation is 1. The number of nitrogens with zero attached hydrogens (tertiary/aromatic N) is 2. The van der Waals surface area contributed by atoms with E-state index in [1.54, 1.807) is 18.4 Å². The predicted octanol–water partition coefficient (Wildman–Crippen LogP) is 2.14. The summed E-state index contributed by atoms with van der Waals surface area (Å²) in [6.07, 6.45) is 2.77. The van der Waals surface area contributed by atoms with E-state index < -0.39 is 9.84 Å². The maximum Gasteiger partial charge on any atom is 0.225 e. The molecule has 0 radical (unpaired) electrons. The summed E-state index contributed by atoms with van der Waals surface area (Å²) in [5.41, 5.74) is 0. The summed E-state index contributed by atoms with van der Waals surface area (Å²) in [5, 5.41) is 7.17. The van der Waals surface area contributed by atoms with Crippen LogP contribution in [0.5, 0.6) is 0 Å². The van der Waals surface area contributed by atoms with Crippen LogP contribution in [0.25, 0.3) is 10.2 Å². The molecule has 0 bridgehead atoms. The average molecular weight is 328 g/mol. The van der Waals surface area contributed by atoms with Crippen LogP contribution in [0.1, 0.15) is 18.2 Å². The van der Waals surface area contributed by atoms with E-state index in [-0.39, 0.29) is 5.75 Å². The summed E-state index contributed by atoms with van der Waals surface area (Å²) in [6.45, 7) is 2.68. The molecule has 0 aliphatic heterocycles. The van der Waals surface area contributed by atoms with Gasteiger partial charge in [-0.15, -0.1) is 11.3 Å². The van der Waals surface area contributed by atoms with Crippen LogP contribution in [-0.2, 0) is 16.3 Å². The minimum atomic E-state index is -2.92. The zero-order chi connectivity index (χ0) is 15.5. The first-order valence-corrected chi connectivity index (χ1v) is 9.70. The molecule has 2 rings (SSSR count). The summed E-state index contributed by atoms with van der Waals surface area (Å²) in [6, 6.07) is 2.10. The number of thiophene rings is 1. The lowest BCUT2D eigenvalue weighted by molar-refractivity contribution is 0.600. The van der Waals surface area contributed by atoms with Gasteiger partial charge in [0, 0.05) is 24.7 Å². The van der Waals surface area contributed by atoms with E-state index in [9.17, 15) is 8.42 Å². The molecule has 0 spiro atoms. The van der Waals surface area contributed by atoms with Gasteiger partial charge in [-0.2, -0.15) is 4.98 Å². The highest BCUT2D eigenvalue weighted by molar-refractivity contribution is 7.90. The van der Waals surface area contributed by atoms with E-state index in [0.717, 1.165) is 22.5 Å². The molecule has 2 aromatic rings. The normalized spacial score (nSPS) is 11.8. The fraction of sp³-hybridized carbons (Fsp3) is 0.538. The Morgan fingerprint density at radius 2 is 2.10 bits per heavy atom. The second kappa shape index (κ2) is 6.57. The van der Waals surface area contributed by atoms with Crippen LogP contribution in [0.3, 0.4) is 0 Å². The third-order valence-corrected chi connectivity index (χ3v) is 5.20. The number of rotatable bonds is 7. The first-order valence-electron chi connectivity index (χ1n) is 6.82. The van der Waals surface area contributed by atoms with Gasteiger partial charge in [-0.05, 0) is 18.9 Å². The summed E-state index contributed by atoms with van der Waals surface area (Å²) in [5.74, 6) is 1.50. The van der Waals surface area contributed by atoms with Gasteiger partial charge in [-0.1, -0.05) is 6.92 Å². The van der Waals surface area contributed by atoms with Crippen molar-refractivity contribution >= 4 is 43.2 Å². The van der Waals surface area contributed by atoms with Crippen molar-refractivity contribution < 1.29 is 8.42 Å². The van der Waals surface area contributed by atoms with Crippen molar-refractivity contribution in [3.63, 3.8) is 0 Å². The van der Waals surface area contributed by atoms with Gasteiger partial charge in [-0.25, -0.2) is 13.4 Å². The number of nitrogens with one attached hydrogen (secondary N) is 2. The van der Waals surface area contributed by atoms with E-state index in [0.29, 0.717) is 18.9 Å². The Balaban J connectivity index is 2.18. The number of sulfone groups is 1. The van der Waals surface area contributed by atoms with Crippen LogP contribution in [-0.4, -0.2) is 44.0 Å². The maximum absolute atomic E-state index is 11.1. The van der Waals surface area contributed by atoms with Crippen molar-refractivity contribution in [1.29, 1.82) is 0 Å². The maximum atomic E-state index is 11.1. The Morgan fingerprint density at radius 3 is 2.71 bits per heavy atom. The number of hydrogen-bond donors (Lipinski definition) is 2. The molecular formula is C13H20N4O2S2. The Morgan fingerprint density at radius 1 is 1.33 bits per heavy atom. The van der Waals surface area contributed by atoms with Crippen LogP contribution in [0.4, 0.5) is 11.8 Å². The molecule has 0 aromatic carbocycles. The van der Waals surface area contributed by atoms with E-state index in [4.69, 9.17) is 0 Å². The second-order valence-electron chi connectivity index (χ2n) is 4.84. The lowest BCUT2D eigenvalue weighted by Gasteiger charge is -2.08. The molecule has 2 N–H and O–H groups in total. The minimum absolute atomic E-state index is 0.178. The largest absolute Gasteiger partial charge is 0.369 e. The molecule has 2 aromatic heterocycles. The van der Waals surface area contributed by atoms with Crippen LogP contribution < -0.4 is 10.6 Å². The first kappa shape index (κ1) is 16.0. The molecule has 6 nitrogen and oxygen atoms in total. The van der Waals surface area contributed by atoms with Crippen molar-refractivity contribution in [2.24, 2.45) is 0 Å². The molecule has 116 valence electrons. The molecule has 0 atom stereocenters. The van der Waals surface area contributed by atoms with E-state index in [1.165, 1.54) is 11.1 Å². The molecule has 0 aliphatic rings. The number of aromatic nitrogens is 2. The zero-order valence-electron chi connectivity index (χ0n) is 12.4. The summed E-state index contributed by atoms with van der Waals surface area (Å²) >= 11 is 1.66. The van der Waals surface area contributed by atoms with Gasteiger partial charge in [-0.3, -0.25) is 0 Å². The smallest absolute Gasteiger partial charge is 0.225 e. The van der Waals surface area contributed by atoms with E-state index in [2.05, 4.69) is 33.6 Å². The molecule has 8 heteroatoms. The fourth-order valence-corrected chi connectivity index (χ4v) is 3.57. The molecule has 2 heterocycles. The van der Waals surface area contributed by atoms with Crippen LogP contribution in [0.15, 0.2) is 6.07 Å². The fourth-order valence-electron chi connectivity index (χ4n) is 1.93. The molecule has 0 unspecified atom stereocenters. The van der Waals surface area contributed by atoms with E-state index in [1.807, 2.05) is 0 Å². The van der Waals surface area contributed by atoms with Crippen LogP contribution >= 0.6 is 11.3 Å². The Hall–Kier alpha value is -1.41. The summed E-state index contributed by atoms with van der Waals surface area (Å²) in [4.78, 5) is 11.1. The Bertz CT molecular complexity index is 725. The third kappa shape index (κ3) is 4.28. The van der Waals surface area contributed by atoms with Crippen molar-refractivity contribution in [3.05, 3.63) is 10.9 Å². The summed E-state index contributed by atoms with van der Waals surface area (Å²) < 4.78 is 22.3. The van der Waals surface area contributed by atoms with Crippen LogP contribution in [0.2, 0.25) is 0 Å². The molecule has 21 heavy (non-hydrogen) atoms. The van der Waals surface area contributed by atoms with E-state index >= 15 is 0 Å². The number of hydrogen-bond acceptors (Lipinski definition) is 7. The molecule has 0 amide bonds. The highest BCUT2D eigenvalue weighted by Crippen LogP contribution is 2.30. The van der Waals surface area contributed by atoms with Crippen LogP contribution in [0, 0.1) is 0 Å². The van der Waals surface area contributed by atoms with Crippen molar-refractivity contribution in [3.8, 4) is 0 Å². The topological polar surface area (TPSA) is 84.0 Å².